The lowest BCUT2D eigenvalue weighted by molar-refractivity contribution is -0.145. The molecule has 0 aliphatic carbocycles. The number of hydrogen-bond donors (Lipinski definition) is 0. The molecule has 18 heavy (non-hydrogen) atoms. The van der Waals surface area contributed by atoms with E-state index < -0.39 is 0 Å². The van der Waals surface area contributed by atoms with Crippen LogP contribution >= 0.6 is 0 Å². The van der Waals surface area contributed by atoms with Crippen LogP contribution in [0.2, 0.25) is 0 Å². The number of carbonyl (C=O) groups excluding carboxylic acids is 1. The topological polar surface area (TPSA) is 29.5 Å². The summed E-state index contributed by atoms with van der Waals surface area (Å²) in [5.74, 6) is -0.101. The molecule has 0 unspecified atom stereocenters. The maximum absolute atomic E-state index is 11.4. The first-order valence-corrected chi connectivity index (χ1v) is 6.76. The van der Waals surface area contributed by atoms with Gasteiger partial charge in [-0.3, -0.25) is 4.79 Å². The molecule has 1 heterocycles. The average molecular weight is 249 g/mol. The number of likely N-dealkylation sites (tertiary alicyclic amines) is 1. The molecule has 1 aromatic rings. The molecule has 3 heteroatoms. The van der Waals surface area contributed by atoms with Crippen LogP contribution in [0.3, 0.4) is 0 Å². The van der Waals surface area contributed by atoms with Crippen molar-refractivity contribution in [2.24, 2.45) is 0 Å². The summed E-state index contributed by atoms with van der Waals surface area (Å²) in [6, 6.07) is 9.77. The van der Waals surface area contributed by atoms with Gasteiger partial charge in [0, 0.05) is 6.54 Å². The Hall–Kier alpha value is -1.35. The van der Waals surface area contributed by atoms with Gasteiger partial charge in [0.05, 0.1) is 6.42 Å². The lowest BCUT2D eigenvalue weighted by Gasteiger charge is -2.30. The molecule has 1 fully saturated rings. The zero-order valence-corrected chi connectivity index (χ0v) is 11.4. The smallest absolute Gasteiger partial charge is 0.307 e. The first kappa shape index (κ1) is 14.7. The molecule has 0 radical (unpaired) electrons. The molecular weight excluding hydrogens is 226 g/mol. The fourth-order valence-electron chi connectivity index (χ4n) is 1.66. The largest absolute Gasteiger partial charge is 0.461 e. The van der Waals surface area contributed by atoms with Gasteiger partial charge in [-0.1, -0.05) is 44.2 Å². The van der Waals surface area contributed by atoms with Gasteiger partial charge in [0.15, 0.2) is 0 Å². The van der Waals surface area contributed by atoms with Crippen molar-refractivity contribution < 1.29 is 9.53 Å². The van der Waals surface area contributed by atoms with Crippen LogP contribution in [0.25, 0.3) is 0 Å². The summed E-state index contributed by atoms with van der Waals surface area (Å²) in [6.07, 6.45) is 1.77. The number of ether oxygens (including phenoxy) is 1. The van der Waals surface area contributed by atoms with Crippen LogP contribution < -0.4 is 0 Å². The second-order valence-electron chi connectivity index (χ2n) is 4.09. The predicted molar refractivity (Wildman–Crippen MR) is 73.3 cm³/mol. The highest BCUT2D eigenvalue weighted by Crippen LogP contribution is 2.07. The average Bonchev–Trinajstić information content (AvgIpc) is 2.38. The number of carbonyl (C=O) groups is 1. The maximum Gasteiger partial charge on any atom is 0.307 e. The molecule has 100 valence electrons. The van der Waals surface area contributed by atoms with Crippen molar-refractivity contribution in [1.82, 2.24) is 4.90 Å². The van der Waals surface area contributed by atoms with Crippen LogP contribution in [0.4, 0.5) is 0 Å². The predicted octanol–water partition coefficient (Wildman–Crippen LogP) is 2.85. The summed E-state index contributed by atoms with van der Waals surface area (Å²) in [5.41, 5.74) is 1.04. The van der Waals surface area contributed by atoms with E-state index in [1.807, 2.05) is 44.2 Å². The van der Waals surface area contributed by atoms with E-state index in [4.69, 9.17) is 4.74 Å². The van der Waals surface area contributed by atoms with E-state index in [0.29, 0.717) is 13.0 Å². The van der Waals surface area contributed by atoms with Gasteiger partial charge < -0.3 is 9.64 Å². The fourth-order valence-corrected chi connectivity index (χ4v) is 1.66. The summed E-state index contributed by atoms with van der Waals surface area (Å²) >= 11 is 0. The van der Waals surface area contributed by atoms with Crippen LogP contribution in [-0.2, 0) is 16.1 Å². The molecule has 0 atom stereocenters. The lowest BCUT2D eigenvalue weighted by atomic mass is 10.2. The molecule has 0 bridgehead atoms. The van der Waals surface area contributed by atoms with Crippen LogP contribution in [0.15, 0.2) is 30.3 Å². The second-order valence-corrected chi connectivity index (χ2v) is 4.09. The molecule has 0 amide bonds. The zero-order chi connectivity index (χ0) is 13.2. The van der Waals surface area contributed by atoms with E-state index >= 15 is 0 Å². The summed E-state index contributed by atoms with van der Waals surface area (Å²) in [6.45, 7) is 7.49. The van der Waals surface area contributed by atoms with Crippen molar-refractivity contribution in [1.29, 1.82) is 0 Å². The van der Waals surface area contributed by atoms with E-state index in [0.717, 1.165) is 25.2 Å². The third kappa shape index (κ3) is 5.32. The molecule has 0 aromatic heterocycles. The van der Waals surface area contributed by atoms with Gasteiger partial charge in [-0.05, 0) is 25.1 Å². The van der Waals surface area contributed by atoms with Gasteiger partial charge in [0.2, 0.25) is 0 Å². The van der Waals surface area contributed by atoms with Gasteiger partial charge in [-0.15, -0.1) is 0 Å². The first-order chi connectivity index (χ1) is 8.84. The van der Waals surface area contributed by atoms with Crippen LogP contribution in [0.1, 0.15) is 32.3 Å². The molecule has 0 saturated carbocycles. The van der Waals surface area contributed by atoms with E-state index in [9.17, 15) is 4.79 Å². The molecule has 1 aromatic carbocycles. The van der Waals surface area contributed by atoms with Crippen LogP contribution in [0, 0.1) is 0 Å². The Morgan fingerprint density at radius 2 is 1.89 bits per heavy atom. The molecule has 0 spiro atoms. The molecule has 1 saturated heterocycles. The number of rotatable bonds is 5. The number of hydrogen-bond acceptors (Lipinski definition) is 3. The van der Waals surface area contributed by atoms with Gasteiger partial charge in [0.1, 0.15) is 6.61 Å². The summed E-state index contributed by atoms with van der Waals surface area (Å²) in [5, 5.41) is 0. The highest BCUT2D eigenvalue weighted by molar-refractivity contribution is 5.69. The lowest BCUT2D eigenvalue weighted by Crippen LogP contribution is -2.38. The van der Waals surface area contributed by atoms with Crippen molar-refractivity contribution in [2.75, 3.05) is 19.6 Å². The van der Waals surface area contributed by atoms with Gasteiger partial charge in [-0.25, -0.2) is 0 Å². The SMILES string of the molecule is CC.O=C(CCN1CCC1)OCc1ccccc1. The number of benzene rings is 1. The molecular formula is C15H23NO2. The standard InChI is InChI=1S/C13H17NO2.C2H6/c15-13(7-10-14-8-4-9-14)16-11-12-5-2-1-3-6-12;1-2/h1-3,5-6H,4,7-11H2;1-2H3. The highest BCUT2D eigenvalue weighted by atomic mass is 16.5. The van der Waals surface area contributed by atoms with Crippen molar-refractivity contribution in [3.63, 3.8) is 0 Å². The summed E-state index contributed by atoms with van der Waals surface area (Å²) in [4.78, 5) is 13.7. The Morgan fingerprint density at radius 1 is 1.22 bits per heavy atom. The quantitative estimate of drug-likeness (QED) is 0.751. The summed E-state index contributed by atoms with van der Waals surface area (Å²) in [7, 11) is 0. The molecule has 2 rings (SSSR count). The van der Waals surface area contributed by atoms with Crippen LogP contribution in [0.5, 0.6) is 0 Å². The Labute approximate surface area is 110 Å². The highest BCUT2D eigenvalue weighted by Gasteiger charge is 2.14. The number of esters is 1. The minimum absolute atomic E-state index is 0.101. The van der Waals surface area contributed by atoms with E-state index in [1.54, 1.807) is 0 Å². The third-order valence-corrected chi connectivity index (χ3v) is 2.82. The van der Waals surface area contributed by atoms with Crippen molar-refractivity contribution in [2.45, 2.75) is 33.3 Å². The van der Waals surface area contributed by atoms with E-state index in [1.165, 1.54) is 6.42 Å². The maximum atomic E-state index is 11.4. The minimum atomic E-state index is -0.101. The van der Waals surface area contributed by atoms with Gasteiger partial charge in [-0.2, -0.15) is 0 Å². The first-order valence-electron chi connectivity index (χ1n) is 6.76. The van der Waals surface area contributed by atoms with Crippen molar-refractivity contribution in [3.05, 3.63) is 35.9 Å². The normalized spacial score (nSPS) is 14.1. The Balaban J connectivity index is 0.000000771. The Morgan fingerprint density at radius 3 is 2.44 bits per heavy atom. The van der Waals surface area contributed by atoms with Gasteiger partial charge >= 0.3 is 5.97 Å². The van der Waals surface area contributed by atoms with E-state index in [2.05, 4.69) is 4.90 Å². The monoisotopic (exact) mass is 249 g/mol. The second kappa shape index (κ2) is 8.70. The van der Waals surface area contributed by atoms with Crippen LogP contribution in [-0.4, -0.2) is 30.5 Å². The molecule has 1 aliphatic rings. The molecule has 1 aliphatic heterocycles. The summed E-state index contributed by atoms with van der Waals surface area (Å²) < 4.78 is 5.18. The third-order valence-electron chi connectivity index (χ3n) is 2.82. The Bertz CT molecular complexity index is 334. The van der Waals surface area contributed by atoms with Crippen molar-refractivity contribution in [3.8, 4) is 0 Å². The van der Waals surface area contributed by atoms with Gasteiger partial charge in [0.25, 0.3) is 0 Å². The zero-order valence-electron chi connectivity index (χ0n) is 11.4. The molecule has 3 nitrogen and oxygen atoms in total. The Kier molecular flexibility index (Phi) is 7.11. The van der Waals surface area contributed by atoms with E-state index in [-0.39, 0.29) is 5.97 Å². The number of nitrogens with zero attached hydrogens (tertiary/aromatic N) is 1. The molecule has 0 N–H and O–H groups in total. The fraction of sp³-hybridized carbons (Fsp3) is 0.533. The van der Waals surface area contributed by atoms with Crippen molar-refractivity contribution >= 4 is 5.97 Å². The minimum Gasteiger partial charge on any atom is -0.461 e.